The molecule has 0 aromatic rings. The Morgan fingerprint density at radius 1 is 0.310 bits per heavy atom. The summed E-state index contributed by atoms with van der Waals surface area (Å²) >= 11 is 0. The van der Waals surface area contributed by atoms with Gasteiger partial charge in [-0.2, -0.15) is 0 Å². The first-order chi connectivity index (χ1) is 11.1. The minimum Gasteiger partial charge on any atom is -0.747 e. The summed E-state index contributed by atoms with van der Waals surface area (Å²) in [6.45, 7) is 0. The summed E-state index contributed by atoms with van der Waals surface area (Å²) < 4.78 is 171. The summed E-state index contributed by atoms with van der Waals surface area (Å²) in [6.07, 6.45) is 0. The smallest absolute Gasteiger partial charge is 0.747 e. The van der Waals surface area contributed by atoms with Crippen LogP contribution in [0.5, 0.6) is 0 Å². The summed E-state index contributed by atoms with van der Waals surface area (Å²) in [5.41, 5.74) is 0. The molecular formula is C3H6Al2O18S6. The van der Waals surface area contributed by atoms with Crippen molar-refractivity contribution in [3.8, 4) is 0 Å². The molecule has 0 aliphatic heterocycles. The fraction of sp³-hybridized carbons (Fsp3) is 1.00. The van der Waals surface area contributed by atoms with Gasteiger partial charge in [-0.05, 0) is 0 Å². The maximum Gasteiger partial charge on any atom is 3.00 e. The second kappa shape index (κ2) is 13.8. The average Bonchev–Trinajstić information content (AvgIpc) is 1.96. The van der Waals surface area contributed by atoms with E-state index in [0.29, 0.717) is 0 Å². The van der Waals surface area contributed by atoms with Crippen LogP contribution < -0.4 is 0 Å². The predicted molar refractivity (Wildman–Crippen MR) is 84.3 cm³/mol. The van der Waals surface area contributed by atoms with Crippen molar-refractivity contribution in [1.82, 2.24) is 0 Å². The number of hydrogen-bond donors (Lipinski definition) is 0. The second-order valence-electron chi connectivity index (χ2n) is 3.70. The fourth-order valence-electron chi connectivity index (χ4n) is 0.530. The Balaban J connectivity index is -0.0000000960. The summed E-state index contributed by atoms with van der Waals surface area (Å²) in [4.78, 5) is 0. The van der Waals surface area contributed by atoms with Gasteiger partial charge in [0.25, 0.3) is 0 Å². The molecular weight excluding hydrogens is 570 g/mol. The van der Waals surface area contributed by atoms with Crippen molar-refractivity contribution < 1.29 is 77.8 Å². The van der Waals surface area contributed by atoms with Crippen molar-refractivity contribution in [1.29, 1.82) is 0 Å². The van der Waals surface area contributed by atoms with E-state index in [1.54, 1.807) is 0 Å². The van der Waals surface area contributed by atoms with E-state index in [1.165, 1.54) is 0 Å². The Morgan fingerprint density at radius 2 is 0.379 bits per heavy atom. The predicted octanol–water partition coefficient (Wildman–Crippen LogP) is -6.66. The van der Waals surface area contributed by atoms with Crippen LogP contribution in [0.3, 0.4) is 0 Å². The molecule has 0 aromatic heterocycles. The normalized spacial score (nSPS) is 12.6. The Kier molecular flexibility index (Phi) is 19.1. The molecule has 26 heteroatoms. The summed E-state index contributed by atoms with van der Waals surface area (Å²) in [7, 11) is -29.6. The molecule has 0 aromatic carbocycles. The van der Waals surface area contributed by atoms with Crippen molar-refractivity contribution in [3.05, 3.63) is 0 Å². The Hall–Kier alpha value is 0.525. The molecule has 18 nitrogen and oxygen atoms in total. The zero-order valence-electron chi connectivity index (χ0n) is 13.1. The molecule has 0 saturated heterocycles. The zero-order chi connectivity index (χ0) is 23.1. The van der Waals surface area contributed by atoms with Gasteiger partial charge in [0.2, 0.25) is 0 Å². The van der Waals surface area contributed by atoms with E-state index in [2.05, 4.69) is 0 Å². The van der Waals surface area contributed by atoms with Gasteiger partial charge in [0, 0.05) is 0 Å². The number of rotatable bonds is 6. The van der Waals surface area contributed by atoms with E-state index < -0.39 is 76.0 Å². The topological polar surface area (TPSA) is 343 Å². The van der Waals surface area contributed by atoms with Crippen LogP contribution in [0, 0.1) is 0 Å². The summed E-state index contributed by atoms with van der Waals surface area (Å²) in [5, 5.41) is -5.62. The van der Waals surface area contributed by atoms with Crippen LogP contribution in [0.4, 0.5) is 0 Å². The molecule has 0 saturated carbocycles. The van der Waals surface area contributed by atoms with Gasteiger partial charge in [0.1, 0.15) is 76.0 Å². The quantitative estimate of drug-likeness (QED) is 0.209. The second-order valence-corrected chi connectivity index (χ2v) is 13.2. The van der Waals surface area contributed by atoms with Gasteiger partial charge in [0.05, 0.1) is 0 Å². The molecule has 0 unspecified atom stereocenters. The molecule has 168 valence electrons. The van der Waals surface area contributed by atoms with Crippen LogP contribution >= 0.6 is 0 Å². The maximum absolute atomic E-state index is 9.51. The average molecular weight is 576 g/mol. The van der Waals surface area contributed by atoms with Crippen molar-refractivity contribution in [2.75, 3.05) is 15.3 Å². The summed E-state index contributed by atoms with van der Waals surface area (Å²) in [5.74, 6) is 0. The van der Waals surface area contributed by atoms with Crippen LogP contribution in [-0.4, -0.2) is 128 Å². The number of hydrogen-bond acceptors (Lipinski definition) is 18. The van der Waals surface area contributed by atoms with Crippen molar-refractivity contribution >= 4 is 95.4 Å². The first kappa shape index (κ1) is 39.9. The van der Waals surface area contributed by atoms with E-state index >= 15 is 0 Å². The van der Waals surface area contributed by atoms with Crippen LogP contribution in [0.25, 0.3) is 0 Å². The largest absolute Gasteiger partial charge is 3.00 e. The minimum atomic E-state index is -4.93. The molecule has 0 radical (unpaired) electrons. The molecule has 0 atom stereocenters. The minimum absolute atomic E-state index is 0. The van der Waals surface area contributed by atoms with E-state index in [0.717, 1.165) is 0 Å². The molecule has 0 aliphatic rings. The molecule has 0 heterocycles. The summed E-state index contributed by atoms with van der Waals surface area (Å²) in [6, 6.07) is 0. The molecule has 0 spiro atoms. The zero-order valence-corrected chi connectivity index (χ0v) is 20.3. The van der Waals surface area contributed by atoms with E-state index in [1.807, 2.05) is 0 Å². The van der Waals surface area contributed by atoms with Crippen LogP contribution in [0.1, 0.15) is 0 Å². The molecule has 0 aliphatic carbocycles. The molecule has 0 N–H and O–H groups in total. The first-order valence-electron chi connectivity index (χ1n) is 4.73. The van der Waals surface area contributed by atoms with Crippen molar-refractivity contribution in [2.45, 2.75) is 0 Å². The van der Waals surface area contributed by atoms with Gasteiger partial charge in [-0.25, -0.2) is 50.5 Å². The van der Waals surface area contributed by atoms with Gasteiger partial charge in [-0.1, -0.05) is 0 Å². The molecule has 0 fully saturated rings. The maximum atomic E-state index is 9.51. The Morgan fingerprint density at radius 3 is 0.379 bits per heavy atom. The van der Waals surface area contributed by atoms with Gasteiger partial charge < -0.3 is 27.3 Å². The van der Waals surface area contributed by atoms with Crippen molar-refractivity contribution in [2.24, 2.45) is 0 Å². The SMILES string of the molecule is O=S(=O)([O-])CS(=O)(=O)[O-].O=S(=O)([O-])CS(=O)(=O)[O-].O=S(=O)([O-])CS(=O)(=O)[O-].[Al+3].[Al+3]. The van der Waals surface area contributed by atoms with Gasteiger partial charge in [-0.15, -0.1) is 0 Å². The monoisotopic (exact) mass is 576 g/mol. The standard InChI is InChI=1S/3CH4O6S2.2Al/c3*2-8(3,4)1-9(5,6)7;;/h3*1H2,(H,2,3,4)(H,5,6,7);;/q;;;2*+3/p-6. The van der Waals surface area contributed by atoms with Crippen LogP contribution in [0.15, 0.2) is 0 Å². The van der Waals surface area contributed by atoms with Gasteiger partial charge in [0.15, 0.2) is 0 Å². The fourth-order valence-corrected chi connectivity index (χ4v) is 4.77. The third-order valence-corrected chi connectivity index (χ3v) is 7.79. The van der Waals surface area contributed by atoms with Crippen molar-refractivity contribution in [3.63, 3.8) is 0 Å². The first-order valence-corrected chi connectivity index (χ1v) is 14.2. The third-order valence-electron chi connectivity index (χ3n) is 0.866. The van der Waals surface area contributed by atoms with E-state index in [9.17, 15) is 77.8 Å². The van der Waals surface area contributed by atoms with Crippen LogP contribution in [-0.2, 0) is 60.7 Å². The Labute approximate surface area is 187 Å². The molecule has 0 rings (SSSR count). The Bertz CT molecular complexity index is 866. The third kappa shape index (κ3) is 58.5. The molecule has 0 amide bonds. The van der Waals surface area contributed by atoms with Gasteiger partial charge >= 0.3 is 34.7 Å². The van der Waals surface area contributed by atoms with Crippen LogP contribution in [0.2, 0.25) is 0 Å². The van der Waals surface area contributed by atoms with E-state index in [-0.39, 0.29) is 34.7 Å². The van der Waals surface area contributed by atoms with Gasteiger partial charge in [-0.3, -0.25) is 0 Å². The van der Waals surface area contributed by atoms with E-state index in [4.69, 9.17) is 0 Å². The molecule has 0 bridgehead atoms. The molecule has 29 heavy (non-hydrogen) atoms.